The van der Waals surface area contributed by atoms with Crippen LogP contribution in [0.1, 0.15) is 5.56 Å². The van der Waals surface area contributed by atoms with Gasteiger partial charge in [-0.15, -0.1) is 0 Å². The van der Waals surface area contributed by atoms with E-state index in [9.17, 15) is 0 Å². The highest BCUT2D eigenvalue weighted by Crippen LogP contribution is 2.42. The molecule has 2 aromatic rings. The van der Waals surface area contributed by atoms with Crippen LogP contribution in [-0.4, -0.2) is 46.4 Å². The Kier molecular flexibility index (Phi) is 4.09. The summed E-state index contributed by atoms with van der Waals surface area (Å²) >= 11 is 1.64. The van der Waals surface area contributed by atoms with Crippen LogP contribution in [0.2, 0.25) is 0 Å². The lowest BCUT2D eigenvalue weighted by atomic mass is 10.1. The molecule has 1 atom stereocenters. The number of fused-ring (bicyclic) bond motifs is 2. The van der Waals surface area contributed by atoms with Gasteiger partial charge in [-0.25, -0.2) is 9.97 Å². The Morgan fingerprint density at radius 1 is 1.38 bits per heavy atom. The number of hydrogen-bond donors (Lipinski definition) is 4. The van der Waals surface area contributed by atoms with Crippen molar-refractivity contribution in [3.63, 3.8) is 0 Å². The van der Waals surface area contributed by atoms with Gasteiger partial charge in [0.05, 0.1) is 11.7 Å². The Balaban J connectivity index is 1.49. The summed E-state index contributed by atoms with van der Waals surface area (Å²) in [6, 6.07) is 6.40. The molecule has 2 aliphatic heterocycles. The van der Waals surface area contributed by atoms with Crippen LogP contribution in [0.4, 0.5) is 11.5 Å². The van der Waals surface area contributed by atoms with E-state index in [0.29, 0.717) is 0 Å². The minimum atomic E-state index is -0.0489. The van der Waals surface area contributed by atoms with Crippen LogP contribution in [0.5, 0.6) is 0 Å². The van der Waals surface area contributed by atoms with Gasteiger partial charge in [-0.1, -0.05) is 17.8 Å². The third-order valence-corrected chi connectivity index (χ3v) is 5.28. The molecule has 0 saturated carbocycles. The molecule has 1 aromatic heterocycles. The number of hydrogen-bond acceptors (Lipinski definition) is 7. The number of nitrogens with one attached hydrogen (secondary N) is 3. The van der Waals surface area contributed by atoms with E-state index in [4.69, 9.17) is 11.1 Å². The maximum absolute atomic E-state index is 7.62. The fraction of sp³-hybridized carbons (Fsp3) is 0.312. The van der Waals surface area contributed by atoms with Crippen LogP contribution in [0.25, 0.3) is 0 Å². The van der Waals surface area contributed by atoms with Gasteiger partial charge >= 0.3 is 0 Å². The summed E-state index contributed by atoms with van der Waals surface area (Å²) in [7, 11) is 0. The molecule has 1 unspecified atom stereocenters. The number of piperazine rings is 1. The lowest BCUT2D eigenvalue weighted by Crippen LogP contribution is -2.55. The molecule has 3 heterocycles. The zero-order valence-corrected chi connectivity index (χ0v) is 13.9. The molecular formula is C16H19N7S. The molecule has 24 heavy (non-hydrogen) atoms. The maximum Gasteiger partial charge on any atom is 0.163 e. The van der Waals surface area contributed by atoms with E-state index in [1.807, 2.05) is 0 Å². The van der Waals surface area contributed by atoms with Crippen molar-refractivity contribution in [1.29, 1.82) is 5.41 Å². The minimum absolute atomic E-state index is 0.0489. The van der Waals surface area contributed by atoms with Crippen molar-refractivity contribution in [2.75, 3.05) is 25.0 Å². The quantitative estimate of drug-likeness (QED) is 0.422. The second-order valence-electron chi connectivity index (χ2n) is 5.96. The molecule has 0 radical (unpaired) electrons. The number of nitrogens with two attached hydrogens (primary N) is 1. The molecule has 2 aliphatic rings. The topological polar surface area (TPSA) is 103 Å². The van der Waals surface area contributed by atoms with E-state index in [1.54, 1.807) is 24.2 Å². The monoisotopic (exact) mass is 341 g/mol. The second-order valence-corrected chi connectivity index (χ2v) is 7.00. The largest absolute Gasteiger partial charge is 0.386 e. The summed E-state index contributed by atoms with van der Waals surface area (Å²) < 4.78 is 0. The summed E-state index contributed by atoms with van der Waals surface area (Å²) in [5.41, 5.74) is 7.94. The molecular weight excluding hydrogens is 322 g/mol. The van der Waals surface area contributed by atoms with E-state index in [1.165, 1.54) is 5.56 Å². The van der Waals surface area contributed by atoms with E-state index >= 15 is 0 Å². The average molecular weight is 341 g/mol. The first-order chi connectivity index (χ1) is 11.7. The third-order valence-electron chi connectivity index (χ3n) is 4.21. The van der Waals surface area contributed by atoms with Crippen molar-refractivity contribution < 1.29 is 0 Å². The maximum atomic E-state index is 7.62. The van der Waals surface area contributed by atoms with Crippen molar-refractivity contribution in [1.82, 2.24) is 20.2 Å². The average Bonchev–Trinajstić information content (AvgIpc) is 2.60. The molecule has 1 fully saturated rings. The predicted octanol–water partition coefficient (Wildman–Crippen LogP) is 1.39. The standard InChI is InChI=1S/C16H19N7S/c17-14(18)12-9-23(6-5-19-12)8-10-1-2-13-11(7-10)22-15-16(24-13)21-4-3-20-15/h1-4,7,12,19H,5-6,8-9H2,(H3,17,18)(H,20,22). The van der Waals surface area contributed by atoms with Gasteiger partial charge in [0.25, 0.3) is 0 Å². The number of anilines is 2. The van der Waals surface area contributed by atoms with E-state index in [0.717, 1.165) is 47.6 Å². The summed E-state index contributed by atoms with van der Waals surface area (Å²) in [5, 5.41) is 15.2. The van der Waals surface area contributed by atoms with Gasteiger partial charge in [0.2, 0.25) is 0 Å². The third kappa shape index (κ3) is 3.08. The van der Waals surface area contributed by atoms with Gasteiger partial charge in [-0.2, -0.15) is 0 Å². The van der Waals surface area contributed by atoms with Crippen molar-refractivity contribution in [3.05, 3.63) is 36.2 Å². The Morgan fingerprint density at radius 2 is 2.25 bits per heavy atom. The van der Waals surface area contributed by atoms with Gasteiger partial charge in [0, 0.05) is 43.5 Å². The summed E-state index contributed by atoms with van der Waals surface area (Å²) in [4.78, 5) is 12.2. The molecule has 7 nitrogen and oxygen atoms in total. The summed E-state index contributed by atoms with van der Waals surface area (Å²) in [5.74, 6) is 1.02. The van der Waals surface area contributed by atoms with Crippen LogP contribution in [0, 0.1) is 5.41 Å². The minimum Gasteiger partial charge on any atom is -0.386 e. The van der Waals surface area contributed by atoms with E-state index in [-0.39, 0.29) is 11.9 Å². The Labute approximate surface area is 144 Å². The highest BCUT2D eigenvalue weighted by molar-refractivity contribution is 7.99. The molecule has 5 N–H and O–H groups in total. The van der Waals surface area contributed by atoms with Crippen molar-refractivity contribution in [2.24, 2.45) is 5.73 Å². The molecule has 1 saturated heterocycles. The van der Waals surface area contributed by atoms with E-state index in [2.05, 4.69) is 43.7 Å². The Hall–Kier alpha value is -2.16. The normalized spacial score (nSPS) is 19.9. The zero-order valence-electron chi connectivity index (χ0n) is 13.1. The van der Waals surface area contributed by atoms with Gasteiger partial charge in [0.1, 0.15) is 10.9 Å². The fourth-order valence-corrected chi connectivity index (χ4v) is 3.88. The molecule has 0 amide bonds. The van der Waals surface area contributed by atoms with Gasteiger partial charge < -0.3 is 16.4 Å². The van der Waals surface area contributed by atoms with Crippen molar-refractivity contribution in [3.8, 4) is 0 Å². The van der Waals surface area contributed by atoms with Crippen LogP contribution in [0.3, 0.4) is 0 Å². The zero-order chi connectivity index (χ0) is 16.5. The number of aromatic nitrogens is 2. The number of nitrogens with zero attached hydrogens (tertiary/aromatic N) is 3. The molecule has 0 spiro atoms. The first-order valence-electron chi connectivity index (χ1n) is 7.87. The molecule has 124 valence electrons. The molecule has 0 aliphatic carbocycles. The van der Waals surface area contributed by atoms with Crippen molar-refractivity contribution >= 4 is 29.1 Å². The summed E-state index contributed by atoms with van der Waals surface area (Å²) in [6.45, 7) is 3.42. The first kappa shape index (κ1) is 15.4. The van der Waals surface area contributed by atoms with Crippen molar-refractivity contribution in [2.45, 2.75) is 22.5 Å². The Morgan fingerprint density at radius 3 is 3.12 bits per heavy atom. The Bertz CT molecular complexity index is 779. The molecule has 4 rings (SSSR count). The predicted molar refractivity (Wildman–Crippen MR) is 94.9 cm³/mol. The SMILES string of the molecule is N=C(N)C1CN(Cc2ccc3c(c2)Nc2nccnc2S3)CCN1. The van der Waals surface area contributed by atoms with Crippen LogP contribution >= 0.6 is 11.8 Å². The molecule has 0 bridgehead atoms. The number of benzene rings is 1. The van der Waals surface area contributed by atoms with Gasteiger partial charge in [0.15, 0.2) is 5.82 Å². The highest BCUT2D eigenvalue weighted by atomic mass is 32.2. The lowest BCUT2D eigenvalue weighted by molar-refractivity contribution is 0.215. The fourth-order valence-electron chi connectivity index (χ4n) is 3.00. The van der Waals surface area contributed by atoms with Gasteiger partial charge in [-0.05, 0) is 17.7 Å². The van der Waals surface area contributed by atoms with Crippen LogP contribution in [-0.2, 0) is 6.54 Å². The lowest BCUT2D eigenvalue weighted by Gasteiger charge is -2.33. The first-order valence-corrected chi connectivity index (χ1v) is 8.69. The van der Waals surface area contributed by atoms with Crippen LogP contribution < -0.4 is 16.4 Å². The van der Waals surface area contributed by atoms with Crippen LogP contribution in [0.15, 0.2) is 40.5 Å². The number of amidine groups is 1. The number of rotatable bonds is 3. The summed E-state index contributed by atoms with van der Waals surface area (Å²) in [6.07, 6.45) is 3.41. The highest BCUT2D eigenvalue weighted by Gasteiger charge is 2.22. The molecule has 1 aromatic carbocycles. The van der Waals surface area contributed by atoms with Gasteiger partial charge in [-0.3, -0.25) is 10.3 Å². The van der Waals surface area contributed by atoms with E-state index < -0.39 is 0 Å². The molecule has 8 heteroatoms. The second kappa shape index (κ2) is 6.39. The smallest absolute Gasteiger partial charge is 0.163 e.